The Morgan fingerprint density at radius 2 is 1.70 bits per heavy atom. The number of carbonyl (C=O) groups is 2. The van der Waals surface area contributed by atoms with Gasteiger partial charge in [0.1, 0.15) is 18.3 Å². The van der Waals surface area contributed by atoms with Gasteiger partial charge in [0.15, 0.2) is 0 Å². The lowest BCUT2D eigenvalue weighted by molar-refractivity contribution is -0.159. The van der Waals surface area contributed by atoms with Crippen molar-refractivity contribution in [1.82, 2.24) is 14.8 Å². The van der Waals surface area contributed by atoms with Crippen molar-refractivity contribution in [2.24, 2.45) is 0 Å². The van der Waals surface area contributed by atoms with E-state index in [2.05, 4.69) is 55.2 Å². The molecular formula is C31H31N3O3. The highest BCUT2D eigenvalue weighted by Crippen LogP contribution is 2.43. The van der Waals surface area contributed by atoms with Crippen LogP contribution in [0.15, 0.2) is 72.8 Å². The number of ether oxygens (including phenoxy) is 1. The third-order valence-corrected chi connectivity index (χ3v) is 7.81. The summed E-state index contributed by atoms with van der Waals surface area (Å²) in [5.41, 5.74) is 6.31. The number of aromatic nitrogens is 1. The van der Waals surface area contributed by atoms with Gasteiger partial charge in [0, 0.05) is 35.1 Å². The summed E-state index contributed by atoms with van der Waals surface area (Å²) in [7, 11) is 1.62. The number of aromatic amines is 1. The Bertz CT molecular complexity index is 1490. The van der Waals surface area contributed by atoms with Gasteiger partial charge >= 0.3 is 0 Å². The molecule has 37 heavy (non-hydrogen) atoms. The quantitative estimate of drug-likeness (QED) is 0.416. The highest BCUT2D eigenvalue weighted by Gasteiger charge is 2.48. The zero-order valence-corrected chi connectivity index (χ0v) is 21.4. The molecule has 1 saturated heterocycles. The van der Waals surface area contributed by atoms with Crippen molar-refractivity contribution < 1.29 is 14.3 Å². The number of carbonyl (C=O) groups excluding carboxylic acids is 2. The van der Waals surface area contributed by atoms with E-state index in [0.717, 1.165) is 39.0 Å². The Kier molecular flexibility index (Phi) is 5.75. The van der Waals surface area contributed by atoms with Crippen LogP contribution in [-0.2, 0) is 22.6 Å². The lowest BCUT2D eigenvalue weighted by Gasteiger charge is -2.47. The molecule has 2 amide bonds. The van der Waals surface area contributed by atoms with E-state index in [9.17, 15) is 9.59 Å². The molecule has 2 aliphatic heterocycles. The molecule has 1 fully saturated rings. The average molecular weight is 494 g/mol. The molecule has 4 aromatic rings. The third-order valence-electron chi connectivity index (χ3n) is 7.81. The molecule has 1 N–H and O–H groups in total. The van der Waals surface area contributed by atoms with Crippen LogP contribution in [0.2, 0.25) is 0 Å². The van der Waals surface area contributed by atoms with Gasteiger partial charge in [-0.1, -0.05) is 74.5 Å². The summed E-state index contributed by atoms with van der Waals surface area (Å²) in [4.78, 5) is 34.9. The van der Waals surface area contributed by atoms with Crippen LogP contribution in [-0.4, -0.2) is 46.3 Å². The van der Waals surface area contributed by atoms with Crippen molar-refractivity contribution in [2.75, 3.05) is 13.7 Å². The van der Waals surface area contributed by atoms with Crippen molar-refractivity contribution in [3.8, 4) is 5.75 Å². The number of nitrogens with one attached hydrogen (secondary N) is 1. The van der Waals surface area contributed by atoms with Gasteiger partial charge in [0.25, 0.3) is 0 Å². The van der Waals surface area contributed by atoms with Gasteiger partial charge in [0.05, 0.1) is 13.2 Å². The second kappa shape index (κ2) is 9.11. The second-order valence-electron chi connectivity index (χ2n) is 10.3. The normalized spacial score (nSPS) is 19.4. The van der Waals surface area contributed by atoms with Crippen LogP contribution in [0.3, 0.4) is 0 Å². The molecule has 6 rings (SSSR count). The number of amides is 2. The van der Waals surface area contributed by atoms with Gasteiger partial charge in [-0.05, 0) is 34.7 Å². The standard InChI is InChI=1S/C31H31N3O3/c1-19(2)20-12-14-21(15-13-20)30-29-24(23-9-5-6-10-25(23)32-29)16-26-31(36)33(18-28(35)34(26)30)17-22-8-4-7-11-27(22)37-3/h4-15,19,26,30,32H,16-18H2,1-3H3/t26-,30?/m1/s1. The minimum atomic E-state index is -0.558. The first-order valence-corrected chi connectivity index (χ1v) is 12.9. The number of nitrogens with zero attached hydrogens (tertiary/aromatic N) is 2. The average Bonchev–Trinajstić information content (AvgIpc) is 3.29. The molecule has 1 unspecified atom stereocenters. The van der Waals surface area contributed by atoms with Gasteiger partial charge in [-0.25, -0.2) is 0 Å². The predicted molar refractivity (Wildman–Crippen MR) is 143 cm³/mol. The van der Waals surface area contributed by atoms with Crippen molar-refractivity contribution in [1.29, 1.82) is 0 Å². The first-order valence-electron chi connectivity index (χ1n) is 12.9. The molecule has 6 heteroatoms. The van der Waals surface area contributed by atoms with Crippen LogP contribution in [0.25, 0.3) is 10.9 Å². The Balaban J connectivity index is 1.43. The number of para-hydroxylation sites is 2. The minimum Gasteiger partial charge on any atom is -0.496 e. The van der Waals surface area contributed by atoms with Crippen molar-refractivity contribution >= 4 is 22.7 Å². The molecule has 2 aliphatic rings. The smallest absolute Gasteiger partial charge is 0.246 e. The molecule has 3 aromatic carbocycles. The number of benzene rings is 3. The van der Waals surface area contributed by atoms with Gasteiger partial charge in [-0.3, -0.25) is 9.59 Å². The van der Waals surface area contributed by atoms with Gasteiger partial charge in [0.2, 0.25) is 11.8 Å². The summed E-state index contributed by atoms with van der Waals surface area (Å²) < 4.78 is 5.50. The topological polar surface area (TPSA) is 65.6 Å². The monoisotopic (exact) mass is 493 g/mol. The zero-order chi connectivity index (χ0) is 25.7. The van der Waals surface area contributed by atoms with Crippen LogP contribution >= 0.6 is 0 Å². The molecular weight excluding hydrogens is 462 g/mol. The van der Waals surface area contributed by atoms with Crippen molar-refractivity contribution in [2.45, 2.75) is 44.8 Å². The summed E-state index contributed by atoms with van der Waals surface area (Å²) >= 11 is 0. The number of fused-ring (bicyclic) bond motifs is 4. The van der Waals surface area contributed by atoms with Crippen molar-refractivity contribution in [3.05, 3.63) is 101 Å². The van der Waals surface area contributed by atoms with Gasteiger partial charge in [-0.15, -0.1) is 0 Å². The summed E-state index contributed by atoms with van der Waals surface area (Å²) in [6, 6.07) is 23.4. The maximum Gasteiger partial charge on any atom is 0.246 e. The van der Waals surface area contributed by atoms with Crippen LogP contribution in [0.1, 0.15) is 53.8 Å². The number of H-pyrrole nitrogens is 1. The summed E-state index contributed by atoms with van der Waals surface area (Å²) in [5, 5.41) is 1.11. The van der Waals surface area contributed by atoms with E-state index in [1.54, 1.807) is 12.0 Å². The second-order valence-corrected chi connectivity index (χ2v) is 10.3. The van der Waals surface area contributed by atoms with E-state index >= 15 is 0 Å². The lowest BCUT2D eigenvalue weighted by Crippen LogP contribution is -2.62. The van der Waals surface area contributed by atoms with Crippen LogP contribution in [0.5, 0.6) is 5.75 Å². The first kappa shape index (κ1) is 23.3. The number of hydrogen-bond acceptors (Lipinski definition) is 3. The number of hydrogen-bond donors (Lipinski definition) is 1. The van der Waals surface area contributed by atoms with E-state index in [4.69, 9.17) is 4.74 Å². The zero-order valence-electron chi connectivity index (χ0n) is 21.4. The molecule has 2 atom stereocenters. The Hall–Kier alpha value is -4.06. The Labute approximate surface area is 216 Å². The fourth-order valence-electron chi connectivity index (χ4n) is 5.91. The molecule has 0 aliphatic carbocycles. The number of rotatable bonds is 5. The lowest BCUT2D eigenvalue weighted by atomic mass is 9.85. The molecule has 3 heterocycles. The van der Waals surface area contributed by atoms with Crippen LogP contribution < -0.4 is 4.74 Å². The van der Waals surface area contributed by atoms with Gasteiger partial charge < -0.3 is 19.5 Å². The van der Waals surface area contributed by atoms with E-state index in [-0.39, 0.29) is 24.4 Å². The molecule has 6 nitrogen and oxygen atoms in total. The fourth-order valence-corrected chi connectivity index (χ4v) is 5.91. The van der Waals surface area contributed by atoms with Crippen molar-refractivity contribution in [3.63, 3.8) is 0 Å². The number of methoxy groups -OCH3 is 1. The maximum absolute atomic E-state index is 14.0. The molecule has 0 saturated carbocycles. The summed E-state index contributed by atoms with van der Waals surface area (Å²) in [5.74, 6) is 1.07. The van der Waals surface area contributed by atoms with E-state index < -0.39 is 6.04 Å². The third kappa shape index (κ3) is 3.88. The van der Waals surface area contributed by atoms with Crippen LogP contribution in [0.4, 0.5) is 0 Å². The molecule has 0 bridgehead atoms. The SMILES string of the molecule is COc1ccccc1CN1CC(=O)N2C(c3ccc(C(C)C)cc3)c3[nH]c4ccccc4c3C[C@@H]2C1=O. The van der Waals surface area contributed by atoms with E-state index in [1.165, 1.54) is 5.56 Å². The maximum atomic E-state index is 14.0. The molecule has 1 aromatic heterocycles. The Morgan fingerprint density at radius 1 is 0.973 bits per heavy atom. The highest BCUT2D eigenvalue weighted by atomic mass is 16.5. The van der Waals surface area contributed by atoms with E-state index in [0.29, 0.717) is 18.9 Å². The van der Waals surface area contributed by atoms with Crippen LogP contribution in [0, 0.1) is 0 Å². The minimum absolute atomic E-state index is 0.0229. The van der Waals surface area contributed by atoms with E-state index in [1.807, 2.05) is 41.3 Å². The molecule has 188 valence electrons. The first-order chi connectivity index (χ1) is 18.0. The summed E-state index contributed by atoms with van der Waals surface area (Å²) in [6.45, 7) is 4.73. The Morgan fingerprint density at radius 3 is 2.46 bits per heavy atom. The predicted octanol–water partition coefficient (Wildman–Crippen LogP) is 5.19. The fraction of sp³-hybridized carbons (Fsp3) is 0.290. The highest BCUT2D eigenvalue weighted by molar-refractivity contribution is 5.97. The number of piperazine rings is 1. The summed E-state index contributed by atoms with van der Waals surface area (Å²) in [6.07, 6.45) is 0.493. The largest absolute Gasteiger partial charge is 0.496 e. The molecule has 0 radical (unpaired) electrons. The van der Waals surface area contributed by atoms with Gasteiger partial charge in [-0.2, -0.15) is 0 Å². The molecule has 0 spiro atoms.